The van der Waals surface area contributed by atoms with Crippen LogP contribution in [0.5, 0.6) is 0 Å². The molecule has 0 atom stereocenters. The van der Waals surface area contributed by atoms with E-state index in [1.54, 1.807) is 0 Å². The zero-order valence-electron chi connectivity index (χ0n) is 12.6. The van der Waals surface area contributed by atoms with Gasteiger partial charge in [0.15, 0.2) is 0 Å². The minimum absolute atomic E-state index is 0.0873. The first kappa shape index (κ1) is 17.0. The summed E-state index contributed by atoms with van der Waals surface area (Å²) in [5, 5.41) is 12.3. The SMILES string of the molecule is CC(C)OCCNC(=O)CC1(C(=O)O)CCCCCC1. The standard InChI is InChI=1S/C15H27NO4/c1-12(2)20-10-9-16-13(17)11-15(14(18)19)7-5-3-4-6-8-15/h12H,3-11H2,1-2H3,(H,16,17)(H,18,19). The van der Waals surface area contributed by atoms with Crippen LogP contribution in [0.1, 0.15) is 58.8 Å². The smallest absolute Gasteiger partial charge is 0.310 e. The fraction of sp³-hybridized carbons (Fsp3) is 0.867. The van der Waals surface area contributed by atoms with Crippen molar-refractivity contribution in [1.82, 2.24) is 5.32 Å². The van der Waals surface area contributed by atoms with Crippen LogP contribution in [0.4, 0.5) is 0 Å². The molecule has 0 unspecified atom stereocenters. The number of carbonyl (C=O) groups excluding carboxylic acids is 1. The van der Waals surface area contributed by atoms with Gasteiger partial charge in [-0.3, -0.25) is 9.59 Å². The summed E-state index contributed by atoms with van der Waals surface area (Å²) in [6, 6.07) is 0. The number of ether oxygens (including phenoxy) is 1. The largest absolute Gasteiger partial charge is 0.481 e. The highest BCUT2D eigenvalue weighted by atomic mass is 16.5. The highest BCUT2D eigenvalue weighted by Gasteiger charge is 2.40. The molecule has 0 aliphatic heterocycles. The summed E-state index contributed by atoms with van der Waals surface area (Å²) < 4.78 is 5.34. The topological polar surface area (TPSA) is 75.6 Å². The van der Waals surface area contributed by atoms with Gasteiger partial charge in [-0.1, -0.05) is 25.7 Å². The molecule has 0 heterocycles. The molecule has 0 aromatic heterocycles. The number of amides is 1. The van der Waals surface area contributed by atoms with Crippen LogP contribution in [-0.4, -0.2) is 36.2 Å². The van der Waals surface area contributed by atoms with E-state index in [0.29, 0.717) is 26.0 Å². The summed E-state index contributed by atoms with van der Waals surface area (Å²) in [5.41, 5.74) is -0.862. The molecular formula is C15H27NO4. The lowest BCUT2D eigenvalue weighted by molar-refractivity contribution is -0.152. The zero-order valence-corrected chi connectivity index (χ0v) is 12.6. The van der Waals surface area contributed by atoms with Gasteiger partial charge in [0.25, 0.3) is 0 Å². The number of carbonyl (C=O) groups is 2. The first-order chi connectivity index (χ1) is 9.46. The van der Waals surface area contributed by atoms with Crippen LogP contribution in [-0.2, 0) is 14.3 Å². The van der Waals surface area contributed by atoms with E-state index in [4.69, 9.17) is 4.74 Å². The van der Waals surface area contributed by atoms with Crippen LogP contribution in [0.15, 0.2) is 0 Å². The summed E-state index contributed by atoms with van der Waals surface area (Å²) >= 11 is 0. The maximum atomic E-state index is 11.9. The molecule has 5 heteroatoms. The second-order valence-corrected chi connectivity index (χ2v) is 5.95. The molecule has 0 spiro atoms. The quantitative estimate of drug-likeness (QED) is 0.556. The van der Waals surface area contributed by atoms with E-state index < -0.39 is 11.4 Å². The zero-order chi connectivity index (χ0) is 15.0. The van der Waals surface area contributed by atoms with E-state index >= 15 is 0 Å². The Labute approximate surface area is 121 Å². The molecule has 0 saturated heterocycles. The fourth-order valence-electron chi connectivity index (χ4n) is 2.73. The van der Waals surface area contributed by atoms with Crippen LogP contribution >= 0.6 is 0 Å². The molecule has 1 rings (SSSR count). The van der Waals surface area contributed by atoms with Crippen molar-refractivity contribution in [2.24, 2.45) is 5.41 Å². The van der Waals surface area contributed by atoms with Crippen molar-refractivity contribution in [2.75, 3.05) is 13.2 Å². The molecule has 1 amide bonds. The Kier molecular flexibility index (Phi) is 6.99. The highest BCUT2D eigenvalue weighted by molar-refractivity contribution is 5.85. The predicted octanol–water partition coefficient (Wildman–Crippen LogP) is 2.34. The van der Waals surface area contributed by atoms with E-state index in [1.807, 2.05) is 13.8 Å². The molecule has 0 aromatic carbocycles. The maximum absolute atomic E-state index is 11.9. The monoisotopic (exact) mass is 285 g/mol. The van der Waals surface area contributed by atoms with Gasteiger partial charge in [0.2, 0.25) is 5.91 Å². The van der Waals surface area contributed by atoms with Gasteiger partial charge in [0.05, 0.1) is 18.1 Å². The summed E-state index contributed by atoms with van der Waals surface area (Å²) in [6.07, 6.45) is 5.38. The van der Waals surface area contributed by atoms with E-state index in [2.05, 4.69) is 5.32 Å². The Morgan fingerprint density at radius 1 is 1.20 bits per heavy atom. The third-order valence-corrected chi connectivity index (χ3v) is 3.89. The first-order valence-corrected chi connectivity index (χ1v) is 7.58. The molecule has 1 fully saturated rings. The average molecular weight is 285 g/mol. The summed E-state index contributed by atoms with van der Waals surface area (Å²) in [6.45, 7) is 4.77. The van der Waals surface area contributed by atoms with Crippen molar-refractivity contribution in [3.63, 3.8) is 0 Å². The molecule has 116 valence electrons. The Balaban J connectivity index is 2.44. The van der Waals surface area contributed by atoms with Gasteiger partial charge >= 0.3 is 5.97 Å². The van der Waals surface area contributed by atoms with Crippen molar-refractivity contribution < 1.29 is 19.4 Å². The van der Waals surface area contributed by atoms with Crippen LogP contribution < -0.4 is 5.32 Å². The Bertz CT molecular complexity index is 320. The lowest BCUT2D eigenvalue weighted by Gasteiger charge is -2.27. The van der Waals surface area contributed by atoms with E-state index in [0.717, 1.165) is 25.7 Å². The van der Waals surface area contributed by atoms with Gasteiger partial charge < -0.3 is 15.2 Å². The van der Waals surface area contributed by atoms with E-state index in [-0.39, 0.29) is 18.4 Å². The highest BCUT2D eigenvalue weighted by Crippen LogP contribution is 2.38. The third-order valence-electron chi connectivity index (χ3n) is 3.89. The number of carboxylic acids is 1. The number of aliphatic carboxylic acids is 1. The maximum Gasteiger partial charge on any atom is 0.310 e. The lowest BCUT2D eigenvalue weighted by Crippen LogP contribution is -2.38. The molecule has 1 aliphatic rings. The summed E-state index contributed by atoms with van der Waals surface area (Å²) in [7, 11) is 0. The normalized spacial score (nSPS) is 18.6. The van der Waals surface area contributed by atoms with Crippen LogP contribution in [0.2, 0.25) is 0 Å². The third kappa shape index (κ3) is 5.49. The molecule has 1 saturated carbocycles. The molecule has 0 bridgehead atoms. The Morgan fingerprint density at radius 2 is 1.80 bits per heavy atom. The van der Waals surface area contributed by atoms with Crippen molar-refractivity contribution in [2.45, 2.75) is 64.9 Å². The van der Waals surface area contributed by atoms with Gasteiger partial charge in [-0.05, 0) is 26.7 Å². The van der Waals surface area contributed by atoms with E-state index in [9.17, 15) is 14.7 Å². The number of hydrogen-bond acceptors (Lipinski definition) is 3. The van der Waals surface area contributed by atoms with Gasteiger partial charge in [0, 0.05) is 13.0 Å². The number of rotatable bonds is 7. The summed E-state index contributed by atoms with van der Waals surface area (Å²) in [5.74, 6) is -1.00. The number of carboxylic acid groups (broad SMARTS) is 1. The number of nitrogens with one attached hydrogen (secondary N) is 1. The molecule has 2 N–H and O–H groups in total. The van der Waals surface area contributed by atoms with Crippen LogP contribution in [0.25, 0.3) is 0 Å². The molecule has 0 aromatic rings. The Morgan fingerprint density at radius 3 is 2.30 bits per heavy atom. The lowest BCUT2D eigenvalue weighted by atomic mass is 9.77. The molecule has 0 radical (unpaired) electrons. The molecule has 5 nitrogen and oxygen atoms in total. The van der Waals surface area contributed by atoms with Gasteiger partial charge in [0.1, 0.15) is 0 Å². The van der Waals surface area contributed by atoms with Gasteiger partial charge in [-0.25, -0.2) is 0 Å². The minimum Gasteiger partial charge on any atom is -0.481 e. The molecule has 20 heavy (non-hydrogen) atoms. The summed E-state index contributed by atoms with van der Waals surface area (Å²) in [4.78, 5) is 23.5. The second kappa shape index (κ2) is 8.25. The fourth-order valence-corrected chi connectivity index (χ4v) is 2.73. The van der Waals surface area contributed by atoms with Crippen molar-refractivity contribution in [3.05, 3.63) is 0 Å². The first-order valence-electron chi connectivity index (χ1n) is 7.58. The predicted molar refractivity (Wildman–Crippen MR) is 76.5 cm³/mol. The van der Waals surface area contributed by atoms with Crippen molar-refractivity contribution in [3.8, 4) is 0 Å². The number of hydrogen-bond donors (Lipinski definition) is 2. The van der Waals surface area contributed by atoms with Gasteiger partial charge in [-0.2, -0.15) is 0 Å². The minimum atomic E-state index is -0.862. The molecular weight excluding hydrogens is 258 g/mol. The molecule has 1 aliphatic carbocycles. The second-order valence-electron chi connectivity index (χ2n) is 5.95. The Hall–Kier alpha value is -1.10. The van der Waals surface area contributed by atoms with E-state index in [1.165, 1.54) is 0 Å². The average Bonchev–Trinajstić information content (AvgIpc) is 2.61. The van der Waals surface area contributed by atoms with Crippen molar-refractivity contribution in [1.29, 1.82) is 0 Å². The van der Waals surface area contributed by atoms with Crippen LogP contribution in [0, 0.1) is 5.41 Å². The van der Waals surface area contributed by atoms with Crippen molar-refractivity contribution >= 4 is 11.9 Å². The van der Waals surface area contributed by atoms with Crippen LogP contribution in [0.3, 0.4) is 0 Å². The van der Waals surface area contributed by atoms with Gasteiger partial charge in [-0.15, -0.1) is 0 Å².